The Morgan fingerprint density at radius 2 is 1.20 bits per heavy atom. The first-order chi connectivity index (χ1) is 35.5. The fourth-order valence-corrected chi connectivity index (χ4v) is 13.1. The van der Waals surface area contributed by atoms with Gasteiger partial charge >= 0.3 is 0 Å². The molecule has 20 nitrogen and oxygen atoms in total. The summed E-state index contributed by atoms with van der Waals surface area (Å²) in [6.07, 6.45) is 10.1. The molecule has 0 fully saturated rings. The largest absolute Gasteiger partial charge is 0.370 e. The molecule has 0 unspecified atom stereocenters. The van der Waals surface area contributed by atoms with Crippen LogP contribution in [0, 0.1) is 34.0 Å². The molecule has 0 bridgehead atoms. The van der Waals surface area contributed by atoms with Crippen LogP contribution < -0.4 is 42.2 Å². The van der Waals surface area contributed by atoms with E-state index in [1.165, 1.54) is 64.3 Å². The van der Waals surface area contributed by atoms with E-state index >= 15 is 0 Å². The lowest BCUT2D eigenvalue weighted by Gasteiger charge is -2.20. The number of aromatic nitrogens is 2. The fraction of sp³-hybridized carbons (Fsp3) is 0.320. The van der Waals surface area contributed by atoms with Gasteiger partial charge in [-0.25, -0.2) is 42.1 Å². The predicted octanol–water partition coefficient (Wildman–Crippen LogP) is 7.41. The van der Waals surface area contributed by atoms with Crippen LogP contribution in [0.1, 0.15) is 90.7 Å². The molecule has 4 aromatic heterocycles. The summed E-state index contributed by atoms with van der Waals surface area (Å²) >= 11 is 5.93. The molecule has 3 aliphatic rings. The monoisotopic (exact) mass is 1140 g/mol. The summed E-state index contributed by atoms with van der Waals surface area (Å²) in [4.78, 5) is 42.3. The molecule has 0 aliphatic heterocycles. The smallest absolute Gasteiger partial charge is 0.238 e. The van der Waals surface area contributed by atoms with Crippen molar-refractivity contribution in [3.8, 4) is 29.5 Å². The van der Waals surface area contributed by atoms with E-state index in [9.17, 15) is 31.7 Å². The Kier molecular flexibility index (Phi) is 22.2. The summed E-state index contributed by atoms with van der Waals surface area (Å²) in [7, 11) is 3.95. The van der Waals surface area contributed by atoms with Crippen LogP contribution in [-0.2, 0) is 45.7 Å². The summed E-state index contributed by atoms with van der Waals surface area (Å²) in [5.41, 5.74) is 18.5. The van der Waals surface area contributed by atoms with Crippen LogP contribution in [-0.4, -0.2) is 92.9 Å². The molecular weight excluding hydrogens is 1090 g/mol. The second-order valence-electron chi connectivity index (χ2n) is 17.0. The number of hydrogen-bond donors (Lipinski definition) is 6. The van der Waals surface area contributed by atoms with E-state index in [0.717, 1.165) is 102 Å². The highest BCUT2D eigenvalue weighted by Gasteiger charge is 2.30. The van der Waals surface area contributed by atoms with E-state index < -0.39 is 20.0 Å². The third kappa shape index (κ3) is 15.2. The van der Waals surface area contributed by atoms with Crippen molar-refractivity contribution >= 4 is 111 Å². The average Bonchev–Trinajstić information content (AvgIpc) is 4.07. The fourth-order valence-electron chi connectivity index (χ4n) is 7.91. The van der Waals surface area contributed by atoms with E-state index in [1.54, 1.807) is 36.2 Å². The molecular formula is C50H60N14O6S6. The minimum Gasteiger partial charge on any atom is -0.370 e. The third-order valence-electron chi connectivity index (χ3n) is 11.0. The minimum absolute atomic E-state index is 0. The lowest BCUT2D eigenvalue weighted by molar-refractivity contribution is 0.0963. The van der Waals surface area contributed by atoms with Crippen LogP contribution in [0.15, 0.2) is 73.7 Å². The number of carbonyl (C=O) groups excluding carboxylic acids is 2. The first-order valence-electron chi connectivity index (χ1n) is 22.7. The Hall–Kier alpha value is -6.77. The van der Waals surface area contributed by atoms with Crippen LogP contribution in [0.4, 0.5) is 27.3 Å². The van der Waals surface area contributed by atoms with Gasteiger partial charge in [0.2, 0.25) is 26.0 Å². The van der Waals surface area contributed by atoms with Crippen molar-refractivity contribution in [3.63, 3.8) is 0 Å². The summed E-state index contributed by atoms with van der Waals surface area (Å²) in [6, 6.07) is 18.6. The second kappa shape index (κ2) is 27.3. The van der Waals surface area contributed by atoms with Crippen LogP contribution in [0.5, 0.6) is 0 Å². The van der Waals surface area contributed by atoms with Crippen molar-refractivity contribution in [2.75, 3.05) is 63.7 Å². The Bertz CT molecular complexity index is 3490. The van der Waals surface area contributed by atoms with Crippen molar-refractivity contribution in [2.45, 2.75) is 72.8 Å². The number of aliphatic imine (C=N–C) groups is 1. The standard InChI is InChI=1S/C19H18N6O2S2.C11H12N2OS.C10H9NOS2.C7H10N4O2S.C2H7N.CH4/c1-25(2)18-16-14(15(9-20)28-18)7-6-11-10-22-19(24-17(11)16)23-12-4-3-5-13(8-12)29(21,26)27;1-13(2)11-10-7(9(6-12)15-11)4-3-5-8(10)14;1-13-10-9-6(8(5-11)14-10)3-2-4-7(9)12;8-7(9)11-5-2-1-3-6(4-5)14(10,12)13;1-3-2;/h3-5,8,10H,6-7H2,1-2H3,(H2,21,26,27)(H,22,23,24);3-5H2,1-2H3;2-4H2,1H3;1-4H,(H4,8,9,11)(H2,10,12,13);3H,1-2H3;1H4. The maximum Gasteiger partial charge on any atom is 0.238 e. The van der Waals surface area contributed by atoms with Gasteiger partial charge in [-0.15, -0.1) is 45.8 Å². The molecule has 6 aromatic rings. The zero-order valence-corrected chi connectivity index (χ0v) is 47.0. The number of thioether (sulfide) groups is 1. The third-order valence-corrected chi connectivity index (χ3v) is 17.7. The predicted molar refractivity (Wildman–Crippen MR) is 307 cm³/mol. The van der Waals surface area contributed by atoms with Crippen LogP contribution in [0.25, 0.3) is 11.3 Å². The molecule has 9 rings (SSSR count). The molecule has 26 heteroatoms. The van der Waals surface area contributed by atoms with Crippen LogP contribution in [0.2, 0.25) is 0 Å². The van der Waals surface area contributed by atoms with E-state index in [2.05, 4.69) is 38.8 Å². The number of carbonyl (C=O) groups is 2. The molecule has 4 heterocycles. The number of sulfonamides is 2. The molecule has 3 aliphatic carbocycles. The first-order valence-corrected chi connectivity index (χ1v) is 29.5. The van der Waals surface area contributed by atoms with Gasteiger partial charge in [0.05, 0.1) is 30.9 Å². The number of fused-ring (bicyclic) bond motifs is 5. The number of nitrogens with two attached hydrogens (primary N) is 4. The van der Waals surface area contributed by atoms with Crippen molar-refractivity contribution in [1.82, 2.24) is 15.3 Å². The highest BCUT2D eigenvalue weighted by Crippen LogP contribution is 2.46. The van der Waals surface area contributed by atoms with Gasteiger partial charge in [0.15, 0.2) is 17.5 Å². The van der Waals surface area contributed by atoms with E-state index in [0.29, 0.717) is 39.9 Å². The molecule has 0 spiro atoms. The second-order valence-corrected chi connectivity index (χ2v) is 24.2. The van der Waals surface area contributed by atoms with E-state index in [4.69, 9.17) is 37.3 Å². The van der Waals surface area contributed by atoms with Crippen molar-refractivity contribution < 1.29 is 26.4 Å². The number of guanidine groups is 1. The zero-order chi connectivity index (χ0) is 55.4. The lowest BCUT2D eigenvalue weighted by Crippen LogP contribution is -2.22. The number of hydrogen-bond acceptors (Lipinski definition) is 20. The summed E-state index contributed by atoms with van der Waals surface area (Å²) in [6.45, 7) is 0. The normalized spacial score (nSPS) is 12.7. The molecule has 0 saturated carbocycles. The van der Waals surface area contributed by atoms with Gasteiger partial charge in [-0.3, -0.25) is 9.59 Å². The Morgan fingerprint density at radius 3 is 1.71 bits per heavy atom. The minimum atomic E-state index is -3.80. The number of nitrogens with one attached hydrogen (secondary N) is 2. The summed E-state index contributed by atoms with van der Waals surface area (Å²) in [5.74, 6) is 0.611. The molecule has 2 aromatic carbocycles. The topological polar surface area (TPSA) is 347 Å². The number of anilines is 4. The number of benzene rings is 2. The van der Waals surface area contributed by atoms with E-state index in [1.807, 2.05) is 58.3 Å². The van der Waals surface area contributed by atoms with Gasteiger partial charge in [-0.2, -0.15) is 15.8 Å². The maximum absolute atomic E-state index is 11.8. The molecule has 0 saturated heterocycles. The molecule has 402 valence electrons. The number of ketones is 2. The van der Waals surface area contributed by atoms with Crippen molar-refractivity contribution in [3.05, 3.63) is 103 Å². The number of thiophene rings is 3. The van der Waals surface area contributed by atoms with Gasteiger partial charge in [0.25, 0.3) is 0 Å². The van der Waals surface area contributed by atoms with Gasteiger partial charge in [-0.05, 0) is 118 Å². The Balaban J connectivity index is 0.000000227. The molecule has 0 amide bonds. The maximum atomic E-state index is 11.8. The van der Waals surface area contributed by atoms with Crippen LogP contribution in [0.3, 0.4) is 0 Å². The van der Waals surface area contributed by atoms with Gasteiger partial charge < -0.3 is 31.9 Å². The quantitative estimate of drug-likeness (QED) is 0.0490. The van der Waals surface area contributed by atoms with Gasteiger partial charge in [-0.1, -0.05) is 19.6 Å². The summed E-state index contributed by atoms with van der Waals surface area (Å²) < 4.78 is 46.1. The molecule has 10 N–H and O–H groups in total. The average molecular weight is 1150 g/mol. The number of rotatable bonds is 8. The Morgan fingerprint density at radius 1 is 0.711 bits per heavy atom. The number of primary sulfonamides is 2. The highest BCUT2D eigenvalue weighted by molar-refractivity contribution is 8.00. The molecule has 76 heavy (non-hydrogen) atoms. The number of nitriles is 3. The molecule has 0 atom stereocenters. The van der Waals surface area contributed by atoms with Gasteiger partial charge in [0, 0.05) is 64.0 Å². The SMILES string of the molecule is C.CN(C)c1sc(C#N)c2c1-c1nc(Nc3cccc(S(N)(=O)=O)c3)ncc1CC2.CN(C)c1sc(C#N)c2c1C(=O)CCC2.CNC.CSc1sc(C#N)c2c1C(=O)CCC2.NC(N)=Nc1cccc(S(N)(=O)=O)c1. The van der Waals surface area contributed by atoms with Crippen molar-refractivity contribution in [1.29, 1.82) is 15.8 Å². The zero-order valence-electron chi connectivity index (χ0n) is 42.1. The Labute approximate surface area is 460 Å². The summed E-state index contributed by atoms with van der Waals surface area (Å²) in [5, 5.41) is 45.3. The number of nitrogens with zero attached hydrogens (tertiary/aromatic N) is 8. The van der Waals surface area contributed by atoms with Crippen molar-refractivity contribution in [2.24, 2.45) is 26.7 Å². The van der Waals surface area contributed by atoms with Gasteiger partial charge in [0.1, 0.15) is 42.8 Å². The number of aryl methyl sites for hydroxylation is 1. The van der Waals surface area contributed by atoms with E-state index in [-0.39, 0.29) is 34.7 Å². The first kappa shape index (κ1) is 61.8. The number of Topliss-reactive ketones (excluding diaryl/α,β-unsaturated/α-hetero) is 2. The van der Waals surface area contributed by atoms with Crippen LogP contribution >= 0.6 is 45.8 Å². The molecule has 0 radical (unpaired) electrons. The lowest BCUT2D eigenvalue weighted by atomic mass is 9.91. The highest BCUT2D eigenvalue weighted by atomic mass is 32.2.